The monoisotopic (exact) mass is 370 g/mol. The highest BCUT2D eigenvalue weighted by atomic mass is 15.3. The molecule has 140 valence electrons. The first-order chi connectivity index (χ1) is 13.7. The number of imidazole rings is 1. The fourth-order valence-corrected chi connectivity index (χ4v) is 4.22. The Morgan fingerprint density at radius 1 is 1.18 bits per heavy atom. The van der Waals surface area contributed by atoms with Crippen molar-refractivity contribution in [1.82, 2.24) is 24.6 Å². The Hall–Kier alpha value is -2.83. The number of fused-ring (bicyclic) bond motifs is 2. The Bertz CT molecular complexity index is 1140. The fraction of sp³-hybridized carbons (Fsp3) is 0.381. The lowest BCUT2D eigenvalue weighted by molar-refractivity contribution is 0.437. The lowest BCUT2D eigenvalue weighted by Gasteiger charge is -2.22. The van der Waals surface area contributed by atoms with Gasteiger partial charge in [0, 0.05) is 30.4 Å². The van der Waals surface area contributed by atoms with Crippen molar-refractivity contribution in [3.8, 4) is 0 Å². The van der Waals surface area contributed by atoms with E-state index >= 15 is 0 Å². The topological polar surface area (TPSA) is 70.9 Å². The second-order valence-corrected chi connectivity index (χ2v) is 7.76. The van der Waals surface area contributed by atoms with E-state index in [0.29, 0.717) is 17.9 Å². The van der Waals surface area contributed by atoms with Gasteiger partial charge in [0.1, 0.15) is 25.1 Å². The molecule has 1 saturated carbocycles. The van der Waals surface area contributed by atoms with Gasteiger partial charge in [0.2, 0.25) is 0 Å². The Kier molecular flexibility index (Phi) is 4.30. The molecular formula is C21H23BN6. The number of H-pyrrole nitrogens is 1. The van der Waals surface area contributed by atoms with Gasteiger partial charge in [0.25, 0.3) is 0 Å². The molecule has 0 saturated heterocycles. The molecule has 3 heterocycles. The van der Waals surface area contributed by atoms with Crippen LogP contribution in [-0.2, 0) is 6.54 Å². The number of nitrogens with one attached hydrogen (secondary N) is 2. The average Bonchev–Trinajstić information content (AvgIpc) is 3.28. The van der Waals surface area contributed by atoms with Crippen molar-refractivity contribution >= 4 is 35.8 Å². The minimum Gasteiger partial charge on any atom is -0.366 e. The molecule has 0 atom stereocenters. The predicted molar refractivity (Wildman–Crippen MR) is 112 cm³/mol. The number of aromatic amines is 1. The lowest BCUT2D eigenvalue weighted by atomic mass is 9.86. The van der Waals surface area contributed by atoms with Crippen molar-refractivity contribution in [2.45, 2.75) is 51.5 Å². The van der Waals surface area contributed by atoms with Crippen LogP contribution in [-0.4, -0.2) is 32.4 Å². The Labute approximate surface area is 165 Å². The SMILES string of the molecule is [B]c1cnn2c(NCc3ccc4nc(C)[nH]c4c3)cc(C3CCCCC3)nc12. The summed E-state index contributed by atoms with van der Waals surface area (Å²) in [4.78, 5) is 12.6. The molecule has 28 heavy (non-hydrogen) atoms. The molecule has 6 nitrogen and oxygen atoms in total. The van der Waals surface area contributed by atoms with E-state index in [9.17, 15) is 0 Å². The van der Waals surface area contributed by atoms with E-state index in [0.717, 1.165) is 34.0 Å². The minimum atomic E-state index is 0.512. The van der Waals surface area contributed by atoms with Crippen LogP contribution in [0.5, 0.6) is 0 Å². The number of anilines is 1. The number of nitrogens with zero attached hydrogens (tertiary/aromatic N) is 4. The second-order valence-electron chi connectivity index (χ2n) is 7.76. The maximum Gasteiger partial charge on any atom is 0.150 e. The van der Waals surface area contributed by atoms with Crippen LogP contribution < -0.4 is 10.8 Å². The molecule has 0 unspecified atom stereocenters. The molecule has 1 aromatic carbocycles. The molecule has 3 aromatic heterocycles. The van der Waals surface area contributed by atoms with Crippen LogP contribution in [0.25, 0.3) is 16.7 Å². The van der Waals surface area contributed by atoms with E-state index in [1.54, 1.807) is 10.7 Å². The standard InChI is InChI=1S/C21H23BN6/c1-13-25-17-8-7-14(9-19(17)26-13)11-23-20-10-18(15-5-3-2-4-6-15)27-21-16(22)12-24-28(20)21/h7-10,12,15,23H,2-6,11H2,1H3,(H,25,26). The molecule has 0 spiro atoms. The zero-order valence-corrected chi connectivity index (χ0v) is 16.1. The predicted octanol–water partition coefficient (Wildman–Crippen LogP) is 3.37. The molecule has 1 aliphatic rings. The number of aryl methyl sites for hydroxylation is 1. The van der Waals surface area contributed by atoms with Gasteiger partial charge in [-0.05, 0) is 42.9 Å². The van der Waals surface area contributed by atoms with E-state index in [1.165, 1.54) is 37.7 Å². The summed E-state index contributed by atoms with van der Waals surface area (Å²) in [6.07, 6.45) is 7.96. The van der Waals surface area contributed by atoms with Gasteiger partial charge in [-0.15, -0.1) is 0 Å². The van der Waals surface area contributed by atoms with Gasteiger partial charge in [-0.3, -0.25) is 0 Å². The molecule has 5 rings (SSSR count). The first-order valence-corrected chi connectivity index (χ1v) is 10.0. The Balaban J connectivity index is 1.46. The highest BCUT2D eigenvalue weighted by molar-refractivity contribution is 6.36. The van der Waals surface area contributed by atoms with Crippen LogP contribution in [0.15, 0.2) is 30.5 Å². The van der Waals surface area contributed by atoms with Gasteiger partial charge in [0.15, 0.2) is 0 Å². The average molecular weight is 370 g/mol. The molecule has 0 amide bonds. The normalized spacial score (nSPS) is 15.5. The Morgan fingerprint density at radius 3 is 2.89 bits per heavy atom. The first-order valence-electron chi connectivity index (χ1n) is 10.0. The van der Waals surface area contributed by atoms with Crippen molar-refractivity contribution in [1.29, 1.82) is 0 Å². The molecule has 1 aliphatic carbocycles. The molecule has 2 radical (unpaired) electrons. The number of benzene rings is 1. The number of aromatic nitrogens is 5. The van der Waals surface area contributed by atoms with Crippen molar-refractivity contribution in [2.75, 3.05) is 5.32 Å². The van der Waals surface area contributed by atoms with Crippen LogP contribution in [0.2, 0.25) is 0 Å². The summed E-state index contributed by atoms with van der Waals surface area (Å²) in [5.41, 5.74) is 5.72. The third kappa shape index (κ3) is 3.15. The quantitative estimate of drug-likeness (QED) is 0.541. The van der Waals surface area contributed by atoms with Crippen LogP contribution in [0.1, 0.15) is 55.1 Å². The first kappa shape index (κ1) is 17.3. The molecule has 0 bridgehead atoms. The van der Waals surface area contributed by atoms with Crippen LogP contribution in [0, 0.1) is 6.92 Å². The highest BCUT2D eigenvalue weighted by Crippen LogP contribution is 2.32. The summed E-state index contributed by atoms with van der Waals surface area (Å²) in [6.45, 7) is 2.66. The minimum absolute atomic E-state index is 0.512. The molecule has 7 heteroatoms. The van der Waals surface area contributed by atoms with Gasteiger partial charge in [0.05, 0.1) is 11.0 Å². The van der Waals surface area contributed by atoms with E-state index < -0.39 is 0 Å². The summed E-state index contributed by atoms with van der Waals surface area (Å²) < 4.78 is 1.81. The van der Waals surface area contributed by atoms with Crippen LogP contribution >= 0.6 is 0 Å². The van der Waals surface area contributed by atoms with Crippen molar-refractivity contribution < 1.29 is 0 Å². The summed E-state index contributed by atoms with van der Waals surface area (Å²) in [5.74, 6) is 2.38. The third-order valence-corrected chi connectivity index (χ3v) is 5.68. The van der Waals surface area contributed by atoms with E-state index in [4.69, 9.17) is 12.8 Å². The van der Waals surface area contributed by atoms with E-state index in [2.05, 4.69) is 44.6 Å². The second kappa shape index (κ2) is 6.97. The van der Waals surface area contributed by atoms with Gasteiger partial charge >= 0.3 is 0 Å². The maximum absolute atomic E-state index is 6.13. The number of hydrogen-bond acceptors (Lipinski definition) is 4. The van der Waals surface area contributed by atoms with Crippen molar-refractivity contribution in [3.63, 3.8) is 0 Å². The summed E-state index contributed by atoms with van der Waals surface area (Å²) in [7, 11) is 6.13. The smallest absolute Gasteiger partial charge is 0.150 e. The molecule has 2 N–H and O–H groups in total. The number of hydrogen-bond donors (Lipinski definition) is 2. The molecule has 1 fully saturated rings. The summed E-state index contributed by atoms with van der Waals surface area (Å²) in [6, 6.07) is 8.44. The van der Waals surface area contributed by atoms with Crippen molar-refractivity contribution in [2.24, 2.45) is 0 Å². The van der Waals surface area contributed by atoms with E-state index in [-0.39, 0.29) is 0 Å². The summed E-state index contributed by atoms with van der Waals surface area (Å²) in [5, 5.41) is 7.96. The van der Waals surface area contributed by atoms with Gasteiger partial charge in [-0.25, -0.2) is 9.97 Å². The lowest BCUT2D eigenvalue weighted by Crippen LogP contribution is -2.13. The van der Waals surface area contributed by atoms with Gasteiger partial charge < -0.3 is 10.3 Å². The molecule has 0 aliphatic heterocycles. The van der Waals surface area contributed by atoms with Gasteiger partial charge in [-0.1, -0.05) is 25.3 Å². The zero-order chi connectivity index (χ0) is 19.1. The van der Waals surface area contributed by atoms with Crippen molar-refractivity contribution in [3.05, 3.63) is 47.5 Å². The molecule has 4 aromatic rings. The molecular weight excluding hydrogens is 347 g/mol. The highest BCUT2D eigenvalue weighted by Gasteiger charge is 2.19. The van der Waals surface area contributed by atoms with E-state index in [1.807, 2.05) is 6.92 Å². The summed E-state index contributed by atoms with van der Waals surface area (Å²) >= 11 is 0. The Morgan fingerprint density at radius 2 is 2.04 bits per heavy atom. The van der Waals surface area contributed by atoms with Crippen LogP contribution in [0.3, 0.4) is 0 Å². The third-order valence-electron chi connectivity index (χ3n) is 5.68. The van der Waals surface area contributed by atoms with Gasteiger partial charge in [-0.2, -0.15) is 9.61 Å². The maximum atomic E-state index is 6.13. The number of rotatable bonds is 4. The largest absolute Gasteiger partial charge is 0.366 e. The zero-order valence-electron chi connectivity index (χ0n) is 16.1. The van der Waals surface area contributed by atoms with Crippen LogP contribution in [0.4, 0.5) is 5.82 Å². The fourth-order valence-electron chi connectivity index (χ4n) is 4.22.